The van der Waals surface area contributed by atoms with E-state index in [0.29, 0.717) is 0 Å². The minimum absolute atomic E-state index is 0.186. The summed E-state index contributed by atoms with van der Waals surface area (Å²) in [5.74, 6) is -0.357. The number of hydrogen-bond donors (Lipinski definition) is 0. The fraction of sp³-hybridized carbons (Fsp3) is 0.286. The topological polar surface area (TPSA) is 55.8 Å². The molecule has 0 aliphatic rings. The summed E-state index contributed by atoms with van der Waals surface area (Å²) in [6.45, 7) is 1.70. The molecule has 102 valence electrons. The molecule has 0 saturated carbocycles. The van der Waals surface area contributed by atoms with Gasteiger partial charge in [-0.3, -0.25) is 0 Å². The molecule has 0 aromatic heterocycles. The molecule has 1 aromatic rings. The Balaban J connectivity index is 2.44. The molecule has 0 spiro atoms. The van der Waals surface area contributed by atoms with Crippen LogP contribution in [0.3, 0.4) is 0 Å². The molecule has 0 aliphatic heterocycles. The van der Waals surface area contributed by atoms with E-state index in [2.05, 4.69) is 0 Å². The van der Waals surface area contributed by atoms with E-state index >= 15 is 0 Å². The maximum absolute atomic E-state index is 11.5. The first kappa shape index (κ1) is 14.8. The summed E-state index contributed by atoms with van der Waals surface area (Å²) in [4.78, 5) is 24.0. The number of nitrogens with zero attached hydrogens (tertiary/aromatic N) is 1. The average molecular weight is 263 g/mol. The number of rotatable bonds is 4. The molecule has 0 atom stereocenters. The van der Waals surface area contributed by atoms with Gasteiger partial charge in [-0.25, -0.2) is 9.59 Å². The molecule has 0 unspecified atom stereocenters. The minimum atomic E-state index is -0.548. The number of hydrogen-bond acceptors (Lipinski definition) is 4. The Morgan fingerprint density at radius 1 is 1.21 bits per heavy atom. The third-order valence-electron chi connectivity index (χ3n) is 2.16. The molecule has 1 rings (SSSR count). The van der Waals surface area contributed by atoms with Gasteiger partial charge in [0.05, 0.1) is 6.08 Å². The van der Waals surface area contributed by atoms with E-state index in [1.807, 2.05) is 30.3 Å². The lowest BCUT2D eigenvalue weighted by Crippen LogP contribution is -2.22. The largest absolute Gasteiger partial charge is 0.458 e. The third kappa shape index (κ3) is 5.72. The van der Waals surface area contributed by atoms with Crippen LogP contribution in [0.4, 0.5) is 4.79 Å². The van der Waals surface area contributed by atoms with Crippen LogP contribution in [-0.2, 0) is 20.9 Å². The number of carbonyl (C=O) groups excluding carboxylic acids is 2. The van der Waals surface area contributed by atoms with E-state index in [0.717, 1.165) is 11.6 Å². The number of ether oxygens (including phenoxy) is 2. The van der Waals surface area contributed by atoms with Crippen LogP contribution in [-0.4, -0.2) is 31.1 Å². The number of amides is 1. The second-order valence-corrected chi connectivity index (χ2v) is 4.11. The van der Waals surface area contributed by atoms with Gasteiger partial charge < -0.3 is 14.4 Å². The van der Waals surface area contributed by atoms with Crippen LogP contribution in [0.2, 0.25) is 0 Å². The second-order valence-electron chi connectivity index (χ2n) is 4.11. The predicted molar refractivity (Wildman–Crippen MR) is 70.2 cm³/mol. The van der Waals surface area contributed by atoms with Crippen molar-refractivity contribution in [3.63, 3.8) is 0 Å². The van der Waals surface area contributed by atoms with Crippen LogP contribution < -0.4 is 0 Å². The van der Waals surface area contributed by atoms with Crippen LogP contribution in [0.15, 0.2) is 42.2 Å². The monoisotopic (exact) mass is 263 g/mol. The molecule has 0 fully saturated rings. The Morgan fingerprint density at radius 3 is 2.42 bits per heavy atom. The number of carbonyl (C=O) groups is 2. The third-order valence-corrected chi connectivity index (χ3v) is 2.16. The van der Waals surface area contributed by atoms with Crippen LogP contribution in [0.5, 0.6) is 0 Å². The van der Waals surface area contributed by atoms with Crippen molar-refractivity contribution in [3.8, 4) is 0 Å². The van der Waals surface area contributed by atoms with E-state index in [9.17, 15) is 9.59 Å². The van der Waals surface area contributed by atoms with Gasteiger partial charge in [0.1, 0.15) is 12.4 Å². The standard InChI is InChI=1S/C14H17NO4/c1-11(19-14(17)15(2)3)9-13(16)18-10-12-7-5-4-6-8-12/h4-9H,10H2,1-3H3/b11-9+. The average Bonchev–Trinajstić information content (AvgIpc) is 2.37. The van der Waals surface area contributed by atoms with Gasteiger partial charge in [0, 0.05) is 14.1 Å². The molecule has 0 bridgehead atoms. The summed E-state index contributed by atoms with van der Waals surface area (Å²) in [6, 6.07) is 9.33. The molecule has 0 N–H and O–H groups in total. The van der Waals surface area contributed by atoms with Gasteiger partial charge in [-0.05, 0) is 12.5 Å². The second kappa shape index (κ2) is 7.20. The zero-order valence-electron chi connectivity index (χ0n) is 11.3. The zero-order chi connectivity index (χ0) is 14.3. The van der Waals surface area contributed by atoms with Crippen LogP contribution in [0.25, 0.3) is 0 Å². The zero-order valence-corrected chi connectivity index (χ0v) is 11.3. The number of esters is 1. The first-order valence-corrected chi connectivity index (χ1v) is 5.77. The predicted octanol–water partition coefficient (Wildman–Crippen LogP) is 2.33. The van der Waals surface area contributed by atoms with E-state index in [1.54, 1.807) is 14.1 Å². The van der Waals surface area contributed by atoms with E-state index in [-0.39, 0.29) is 12.4 Å². The van der Waals surface area contributed by atoms with Crippen LogP contribution in [0.1, 0.15) is 12.5 Å². The van der Waals surface area contributed by atoms with E-state index in [1.165, 1.54) is 11.8 Å². The lowest BCUT2D eigenvalue weighted by atomic mass is 10.2. The smallest absolute Gasteiger partial charge is 0.414 e. The van der Waals surface area contributed by atoms with Gasteiger partial charge in [-0.2, -0.15) is 0 Å². The first-order valence-electron chi connectivity index (χ1n) is 5.77. The maximum Gasteiger partial charge on any atom is 0.414 e. The van der Waals surface area contributed by atoms with Gasteiger partial charge >= 0.3 is 12.1 Å². The highest BCUT2D eigenvalue weighted by molar-refractivity contribution is 5.83. The summed E-state index contributed by atoms with van der Waals surface area (Å²) in [7, 11) is 3.12. The van der Waals surface area contributed by atoms with E-state index < -0.39 is 12.1 Å². The molecule has 5 nitrogen and oxygen atoms in total. The van der Waals surface area contributed by atoms with Crippen molar-refractivity contribution in [2.24, 2.45) is 0 Å². The highest BCUT2D eigenvalue weighted by Gasteiger charge is 2.07. The van der Waals surface area contributed by atoms with Crippen LogP contribution >= 0.6 is 0 Å². The molecular weight excluding hydrogens is 246 g/mol. The summed E-state index contributed by atoms with van der Waals surface area (Å²) in [5.41, 5.74) is 0.896. The molecule has 0 saturated heterocycles. The summed E-state index contributed by atoms with van der Waals surface area (Å²) < 4.78 is 9.90. The first-order chi connectivity index (χ1) is 8.99. The summed E-state index contributed by atoms with van der Waals surface area (Å²) in [6.07, 6.45) is 0.606. The number of benzene rings is 1. The molecule has 0 radical (unpaired) electrons. The lowest BCUT2D eigenvalue weighted by molar-refractivity contribution is -0.139. The molecule has 5 heteroatoms. The highest BCUT2D eigenvalue weighted by atomic mass is 16.6. The van der Waals surface area contributed by atoms with Crippen molar-refractivity contribution in [2.45, 2.75) is 13.5 Å². The van der Waals surface area contributed by atoms with Gasteiger partial charge in [0.25, 0.3) is 0 Å². The Hall–Kier alpha value is -2.30. The van der Waals surface area contributed by atoms with Gasteiger partial charge in [0.15, 0.2) is 0 Å². The van der Waals surface area contributed by atoms with Crippen molar-refractivity contribution >= 4 is 12.1 Å². The molecule has 1 amide bonds. The van der Waals surface area contributed by atoms with Crippen molar-refractivity contribution in [2.75, 3.05) is 14.1 Å². The van der Waals surface area contributed by atoms with Crippen molar-refractivity contribution in [3.05, 3.63) is 47.7 Å². The molecule has 0 aliphatic carbocycles. The SMILES string of the molecule is C/C(=C\C(=O)OCc1ccccc1)OC(=O)N(C)C. The Kier molecular flexibility index (Phi) is 5.60. The Morgan fingerprint density at radius 2 is 1.84 bits per heavy atom. The Labute approximate surface area is 112 Å². The molecule has 0 heterocycles. The quantitative estimate of drug-likeness (QED) is 0.475. The fourth-order valence-electron chi connectivity index (χ4n) is 1.19. The normalized spacial score (nSPS) is 10.8. The van der Waals surface area contributed by atoms with Gasteiger partial charge in [-0.1, -0.05) is 30.3 Å². The molecule has 1 aromatic carbocycles. The molecular formula is C14H17NO4. The van der Waals surface area contributed by atoms with Crippen LogP contribution in [0, 0.1) is 0 Å². The van der Waals surface area contributed by atoms with E-state index in [4.69, 9.17) is 9.47 Å². The van der Waals surface area contributed by atoms with Gasteiger partial charge in [0.2, 0.25) is 0 Å². The summed E-state index contributed by atoms with van der Waals surface area (Å²) in [5, 5.41) is 0. The van der Waals surface area contributed by atoms with Crippen molar-refractivity contribution in [1.29, 1.82) is 0 Å². The maximum atomic E-state index is 11.5. The fourth-order valence-corrected chi connectivity index (χ4v) is 1.19. The summed E-state index contributed by atoms with van der Waals surface area (Å²) >= 11 is 0. The lowest BCUT2D eigenvalue weighted by Gasteiger charge is -2.10. The highest BCUT2D eigenvalue weighted by Crippen LogP contribution is 2.03. The molecule has 19 heavy (non-hydrogen) atoms. The van der Waals surface area contributed by atoms with Crippen molar-refractivity contribution < 1.29 is 19.1 Å². The van der Waals surface area contributed by atoms with Gasteiger partial charge in [-0.15, -0.1) is 0 Å². The van der Waals surface area contributed by atoms with Crippen molar-refractivity contribution in [1.82, 2.24) is 4.90 Å². The minimum Gasteiger partial charge on any atom is -0.458 e. The number of allylic oxidation sites excluding steroid dienone is 1. The Bertz CT molecular complexity index is 466.